The van der Waals surface area contributed by atoms with Gasteiger partial charge in [0.15, 0.2) is 0 Å². The molecule has 10 heteroatoms. The van der Waals surface area contributed by atoms with Gasteiger partial charge in [-0.2, -0.15) is 13.2 Å². The summed E-state index contributed by atoms with van der Waals surface area (Å²) in [6, 6.07) is 2.58. The molecule has 2 fully saturated rings. The molecule has 1 aromatic carbocycles. The van der Waals surface area contributed by atoms with E-state index in [-0.39, 0.29) is 12.1 Å². The molecule has 0 unspecified atom stereocenters. The van der Waals surface area contributed by atoms with Gasteiger partial charge < -0.3 is 15.2 Å². The molecule has 0 aromatic heterocycles. The largest absolute Gasteiger partial charge is 0.465 e. The smallest absolute Gasteiger partial charge is 0.419 e. The number of rotatable bonds is 5. The molecule has 2 aliphatic carbocycles. The molecule has 0 radical (unpaired) electrons. The van der Waals surface area contributed by atoms with E-state index in [9.17, 15) is 32.3 Å². The number of nitrogens with zero attached hydrogens (tertiary/aromatic N) is 1. The maximum atomic E-state index is 13.7. The summed E-state index contributed by atoms with van der Waals surface area (Å²) in [6.07, 6.45) is -5.23. The molecule has 3 rings (SSSR count). The van der Waals surface area contributed by atoms with Gasteiger partial charge in [0.2, 0.25) is 0 Å². The third kappa shape index (κ3) is 4.62. The van der Waals surface area contributed by atoms with Crippen LogP contribution in [0.4, 0.5) is 27.2 Å². The molecule has 2 aliphatic rings. The molecule has 0 saturated heterocycles. The van der Waals surface area contributed by atoms with Crippen molar-refractivity contribution in [3.05, 3.63) is 35.1 Å². The Morgan fingerprint density at radius 2 is 1.77 bits per heavy atom. The first-order valence-electron chi connectivity index (χ1n) is 9.57. The van der Waals surface area contributed by atoms with Crippen molar-refractivity contribution in [3.8, 4) is 0 Å². The molecule has 0 aliphatic heterocycles. The van der Waals surface area contributed by atoms with Crippen molar-refractivity contribution in [2.24, 2.45) is 0 Å². The van der Waals surface area contributed by atoms with Crippen molar-refractivity contribution < 1.29 is 37.0 Å². The van der Waals surface area contributed by atoms with E-state index in [1.54, 1.807) is 20.8 Å². The molecule has 2 N–H and O–H groups in total. The first-order chi connectivity index (χ1) is 13.7. The Morgan fingerprint density at radius 3 is 2.20 bits per heavy atom. The number of halogens is 4. The Morgan fingerprint density at radius 1 is 1.17 bits per heavy atom. The third-order valence-corrected chi connectivity index (χ3v) is 5.36. The molecule has 2 saturated carbocycles. The minimum absolute atomic E-state index is 0.0895. The highest BCUT2D eigenvalue weighted by molar-refractivity contribution is 5.71. The van der Waals surface area contributed by atoms with Gasteiger partial charge in [-0.1, -0.05) is 6.07 Å². The van der Waals surface area contributed by atoms with E-state index in [1.807, 2.05) is 0 Å². The lowest BCUT2D eigenvalue weighted by atomic mass is 9.99. The molecule has 0 bridgehead atoms. The average molecular weight is 432 g/mol. The van der Waals surface area contributed by atoms with Gasteiger partial charge >= 0.3 is 18.4 Å². The summed E-state index contributed by atoms with van der Waals surface area (Å²) in [4.78, 5) is 25.2. The van der Waals surface area contributed by atoms with Gasteiger partial charge in [-0.25, -0.2) is 14.0 Å². The predicted molar refractivity (Wildman–Crippen MR) is 98.4 cm³/mol. The summed E-state index contributed by atoms with van der Waals surface area (Å²) in [7, 11) is 0. The SMILES string of the molecule is CC(C)(C)OC(=O)NC1(CN(C(=O)O)C2(c3ccc(F)c(C(F)(F)F)c3)CC2)CC1. The Balaban J connectivity index is 1.84. The number of alkyl halides is 3. The number of ether oxygens (including phenoxy) is 1. The predicted octanol–water partition coefficient (Wildman–Crippen LogP) is 4.87. The molecule has 0 atom stereocenters. The highest BCUT2D eigenvalue weighted by atomic mass is 19.4. The van der Waals surface area contributed by atoms with Crippen LogP contribution in [0.1, 0.15) is 57.6 Å². The zero-order chi connectivity index (χ0) is 22.5. The number of alkyl carbamates (subject to hydrolysis) is 1. The monoisotopic (exact) mass is 432 g/mol. The van der Waals surface area contributed by atoms with Gasteiger partial charge in [0, 0.05) is 6.54 Å². The van der Waals surface area contributed by atoms with E-state index >= 15 is 0 Å². The topological polar surface area (TPSA) is 78.9 Å². The highest BCUT2D eigenvalue weighted by Crippen LogP contribution is 2.53. The third-order valence-electron chi connectivity index (χ3n) is 5.36. The normalized spacial score (nSPS) is 19.0. The number of carboxylic acid groups (broad SMARTS) is 1. The Hall–Kier alpha value is -2.52. The van der Waals surface area contributed by atoms with Crippen LogP contribution in [0.25, 0.3) is 0 Å². The second-order valence-corrected chi connectivity index (χ2v) is 9.00. The molecule has 30 heavy (non-hydrogen) atoms. The minimum atomic E-state index is -4.89. The van der Waals surface area contributed by atoms with Gasteiger partial charge in [-0.3, -0.25) is 4.90 Å². The summed E-state index contributed by atoms with van der Waals surface area (Å²) in [5.74, 6) is -1.41. The fourth-order valence-electron chi connectivity index (χ4n) is 3.56. The van der Waals surface area contributed by atoms with Crippen LogP contribution in [0.15, 0.2) is 18.2 Å². The van der Waals surface area contributed by atoms with Crippen molar-refractivity contribution in [3.63, 3.8) is 0 Å². The molecule has 1 aromatic rings. The second kappa shape index (κ2) is 7.02. The van der Waals surface area contributed by atoms with Gasteiger partial charge in [0.05, 0.1) is 16.6 Å². The lowest BCUT2D eigenvalue weighted by molar-refractivity contribution is -0.140. The van der Waals surface area contributed by atoms with E-state index < -0.39 is 46.4 Å². The Labute approximate surface area is 171 Å². The molecular weight excluding hydrogens is 408 g/mol. The number of hydrogen-bond donors (Lipinski definition) is 2. The van der Waals surface area contributed by atoms with E-state index in [0.717, 1.165) is 4.90 Å². The zero-order valence-electron chi connectivity index (χ0n) is 16.9. The number of amides is 2. The number of nitrogens with one attached hydrogen (secondary N) is 1. The lowest BCUT2D eigenvalue weighted by Gasteiger charge is -2.34. The van der Waals surface area contributed by atoms with Gasteiger partial charge in [-0.05, 0) is 64.2 Å². The van der Waals surface area contributed by atoms with E-state index in [1.165, 1.54) is 6.07 Å². The lowest BCUT2D eigenvalue weighted by Crippen LogP contribution is -2.51. The van der Waals surface area contributed by atoms with Crippen LogP contribution in [-0.2, 0) is 16.5 Å². The summed E-state index contributed by atoms with van der Waals surface area (Å²) in [6.45, 7) is 4.99. The summed E-state index contributed by atoms with van der Waals surface area (Å²) >= 11 is 0. The van der Waals surface area contributed by atoms with Crippen LogP contribution < -0.4 is 5.32 Å². The number of benzene rings is 1. The number of carbonyl (C=O) groups is 2. The van der Waals surface area contributed by atoms with Gasteiger partial charge in [0.25, 0.3) is 0 Å². The molecular formula is C20H24F4N2O4. The van der Waals surface area contributed by atoms with Crippen LogP contribution in [-0.4, -0.2) is 39.9 Å². The fourth-order valence-corrected chi connectivity index (χ4v) is 3.56. The fraction of sp³-hybridized carbons (Fsp3) is 0.600. The standard InChI is InChI=1S/C20H24F4N2O4/c1-17(2,3)30-15(27)25-18(6-7-18)11-26(16(28)29)19(8-9-19)12-4-5-14(21)13(10-12)20(22,23)24/h4-5,10H,6-9,11H2,1-3H3,(H,25,27)(H,28,29). The van der Waals surface area contributed by atoms with Crippen LogP contribution in [0.3, 0.4) is 0 Å². The molecule has 0 spiro atoms. The van der Waals surface area contributed by atoms with Crippen molar-refractivity contribution in [2.75, 3.05) is 6.54 Å². The van der Waals surface area contributed by atoms with Crippen LogP contribution >= 0.6 is 0 Å². The van der Waals surface area contributed by atoms with E-state index in [2.05, 4.69) is 5.32 Å². The first-order valence-corrected chi connectivity index (χ1v) is 9.57. The van der Waals surface area contributed by atoms with Gasteiger partial charge in [0.1, 0.15) is 11.4 Å². The first kappa shape index (κ1) is 22.2. The Kier molecular flexibility index (Phi) is 5.19. The average Bonchev–Trinajstić information content (AvgIpc) is 3.47. The Bertz CT molecular complexity index is 855. The molecule has 0 heterocycles. The second-order valence-electron chi connectivity index (χ2n) is 9.00. The molecule has 6 nitrogen and oxygen atoms in total. The van der Waals surface area contributed by atoms with Crippen LogP contribution in [0.2, 0.25) is 0 Å². The molecule has 166 valence electrons. The summed E-state index contributed by atoms with van der Waals surface area (Å²) < 4.78 is 58.3. The van der Waals surface area contributed by atoms with E-state index in [4.69, 9.17) is 4.74 Å². The van der Waals surface area contributed by atoms with Crippen LogP contribution in [0.5, 0.6) is 0 Å². The van der Waals surface area contributed by atoms with Crippen molar-refractivity contribution in [2.45, 2.75) is 69.3 Å². The number of carbonyl (C=O) groups excluding carboxylic acids is 1. The van der Waals surface area contributed by atoms with Crippen molar-refractivity contribution in [1.82, 2.24) is 10.2 Å². The maximum absolute atomic E-state index is 13.7. The molecule has 2 amide bonds. The quantitative estimate of drug-likeness (QED) is 0.651. The number of hydrogen-bond acceptors (Lipinski definition) is 3. The van der Waals surface area contributed by atoms with Gasteiger partial charge in [-0.15, -0.1) is 0 Å². The van der Waals surface area contributed by atoms with E-state index in [0.29, 0.717) is 37.8 Å². The summed E-state index contributed by atoms with van der Waals surface area (Å²) in [5, 5.41) is 12.5. The highest BCUT2D eigenvalue weighted by Gasteiger charge is 2.57. The van der Waals surface area contributed by atoms with Crippen molar-refractivity contribution >= 4 is 12.2 Å². The van der Waals surface area contributed by atoms with Crippen molar-refractivity contribution in [1.29, 1.82) is 0 Å². The summed E-state index contributed by atoms with van der Waals surface area (Å²) in [5.41, 5.74) is -4.07. The maximum Gasteiger partial charge on any atom is 0.419 e. The zero-order valence-corrected chi connectivity index (χ0v) is 16.9. The van der Waals surface area contributed by atoms with Crippen LogP contribution in [0, 0.1) is 5.82 Å². The minimum Gasteiger partial charge on any atom is -0.465 e.